The summed E-state index contributed by atoms with van der Waals surface area (Å²) in [5.41, 5.74) is 2.13. The fraction of sp³-hybridized carbons (Fsp3) is 0.0625. The number of carbonyl (C=O) groups excluding carboxylic acids is 1. The molecule has 1 aromatic heterocycles. The summed E-state index contributed by atoms with van der Waals surface area (Å²) in [6.07, 6.45) is 0.887. The minimum Gasteiger partial charge on any atom is -0.484 e. The third-order valence-electron chi connectivity index (χ3n) is 2.89. The van der Waals surface area contributed by atoms with Crippen molar-refractivity contribution in [1.29, 1.82) is 0 Å². The molecule has 27 heavy (non-hydrogen) atoms. The molecule has 0 fully saturated rings. The summed E-state index contributed by atoms with van der Waals surface area (Å²) in [7, 11) is 0. The largest absolute Gasteiger partial charge is 0.484 e. The number of allylic oxidation sites excluding steroid dienone is 1. The highest BCUT2D eigenvalue weighted by Crippen LogP contribution is 2.28. The molecule has 0 bridgehead atoms. The Morgan fingerprint density at radius 3 is 2.70 bits per heavy atom. The first-order chi connectivity index (χ1) is 12.8. The van der Waals surface area contributed by atoms with Crippen molar-refractivity contribution >= 4 is 68.8 Å². The number of rotatable bonds is 7. The van der Waals surface area contributed by atoms with Crippen molar-refractivity contribution in [1.82, 2.24) is 5.43 Å². The Morgan fingerprint density at radius 2 is 2.04 bits per heavy atom. The summed E-state index contributed by atoms with van der Waals surface area (Å²) >= 11 is 20.3. The highest BCUT2D eigenvalue weighted by atomic mass is 79.9. The van der Waals surface area contributed by atoms with E-state index in [2.05, 4.69) is 26.5 Å². The van der Waals surface area contributed by atoms with E-state index in [1.807, 2.05) is 0 Å². The number of carboxylic acid groups (broad SMARTS) is 1. The Morgan fingerprint density at radius 1 is 1.30 bits per heavy atom. The number of nitrogens with one attached hydrogen (secondary N) is 1. The van der Waals surface area contributed by atoms with Crippen LogP contribution in [0.4, 0.5) is 0 Å². The monoisotopic (exact) mass is 494 g/mol. The number of furan rings is 1. The molecule has 0 aliphatic carbocycles. The van der Waals surface area contributed by atoms with Crippen LogP contribution in [0.1, 0.15) is 16.3 Å². The fourth-order valence-corrected chi connectivity index (χ4v) is 2.59. The summed E-state index contributed by atoms with van der Waals surface area (Å²) < 4.78 is 11.7. The third-order valence-corrected chi connectivity index (χ3v) is 4.43. The molecular formula is C16H10BrCl3N2O5. The summed E-state index contributed by atoms with van der Waals surface area (Å²) in [5, 5.41) is 11.6. The van der Waals surface area contributed by atoms with Crippen LogP contribution in [0.3, 0.4) is 0 Å². The molecular weight excluding hydrogens is 486 g/mol. The number of ether oxygens (including phenoxy) is 1. The number of hydrazone groups is 1. The van der Waals surface area contributed by atoms with Crippen molar-refractivity contribution < 1.29 is 23.8 Å². The zero-order valence-electron chi connectivity index (χ0n) is 13.2. The van der Waals surface area contributed by atoms with Crippen LogP contribution < -0.4 is 10.2 Å². The van der Waals surface area contributed by atoms with Crippen LogP contribution in [-0.4, -0.2) is 23.2 Å². The van der Waals surface area contributed by atoms with Crippen molar-refractivity contribution in [3.63, 3.8) is 0 Å². The van der Waals surface area contributed by atoms with Gasteiger partial charge in [0.15, 0.2) is 5.76 Å². The van der Waals surface area contributed by atoms with Crippen molar-refractivity contribution in [2.24, 2.45) is 5.10 Å². The molecule has 7 nitrogen and oxygen atoms in total. The van der Waals surface area contributed by atoms with E-state index >= 15 is 0 Å². The second-order valence-corrected chi connectivity index (χ2v) is 6.90. The van der Waals surface area contributed by atoms with Crippen molar-refractivity contribution in [3.05, 3.63) is 61.4 Å². The first kappa shape index (κ1) is 21.3. The van der Waals surface area contributed by atoms with Gasteiger partial charge in [-0.1, -0.05) is 50.7 Å². The van der Waals surface area contributed by atoms with Gasteiger partial charge in [0.1, 0.15) is 23.1 Å². The minimum atomic E-state index is -1.42. The zero-order valence-corrected chi connectivity index (χ0v) is 17.1. The van der Waals surface area contributed by atoms with Crippen LogP contribution in [-0.2, 0) is 11.4 Å². The molecule has 0 aliphatic heterocycles. The molecule has 1 heterocycles. The average Bonchev–Trinajstić information content (AvgIpc) is 3.09. The van der Waals surface area contributed by atoms with Gasteiger partial charge < -0.3 is 14.3 Å². The van der Waals surface area contributed by atoms with Crippen LogP contribution in [0.25, 0.3) is 0 Å². The lowest BCUT2D eigenvalue weighted by Gasteiger charge is -2.06. The van der Waals surface area contributed by atoms with Crippen LogP contribution in [0, 0.1) is 0 Å². The number of benzene rings is 1. The van der Waals surface area contributed by atoms with Gasteiger partial charge in [-0.2, -0.15) is 5.10 Å². The first-order valence-corrected chi connectivity index (χ1v) is 8.99. The van der Waals surface area contributed by atoms with E-state index < -0.39 is 16.9 Å². The SMILES string of the molecule is O=C(O)C(Cl)=C(Cl)C=NNC(=O)c1ccc(COc2ccc(Br)cc2Cl)o1. The molecule has 0 unspecified atom stereocenters. The van der Waals surface area contributed by atoms with E-state index in [0.29, 0.717) is 16.5 Å². The summed E-state index contributed by atoms with van der Waals surface area (Å²) in [5.74, 6) is -1.27. The highest BCUT2D eigenvalue weighted by molar-refractivity contribution is 9.10. The predicted molar refractivity (Wildman–Crippen MR) is 105 cm³/mol. The maximum absolute atomic E-state index is 11.9. The van der Waals surface area contributed by atoms with E-state index in [4.69, 9.17) is 49.1 Å². The van der Waals surface area contributed by atoms with E-state index in [1.54, 1.807) is 24.3 Å². The van der Waals surface area contributed by atoms with Gasteiger partial charge in [-0.25, -0.2) is 10.2 Å². The number of aliphatic carboxylic acids is 1. The van der Waals surface area contributed by atoms with E-state index in [-0.39, 0.29) is 17.4 Å². The van der Waals surface area contributed by atoms with Gasteiger partial charge in [0, 0.05) is 4.47 Å². The molecule has 0 saturated heterocycles. The molecule has 0 radical (unpaired) electrons. The Hall–Kier alpha value is -2.00. The third kappa shape index (κ3) is 6.28. The number of hydrogen-bond donors (Lipinski definition) is 2. The molecule has 11 heteroatoms. The van der Waals surface area contributed by atoms with Crippen molar-refractivity contribution in [2.45, 2.75) is 6.61 Å². The number of amides is 1. The Kier molecular flexibility index (Phi) is 7.73. The predicted octanol–water partition coefficient (Wildman–Crippen LogP) is 4.76. The normalized spacial score (nSPS) is 12.0. The fourth-order valence-electron chi connectivity index (χ4n) is 1.68. The standard InChI is InChI=1S/C16H10BrCl3N2O5/c17-8-1-3-12(10(18)5-8)26-7-9-2-4-13(27-9)15(23)22-21-6-11(19)14(20)16(24)25/h1-6H,7H2,(H,22,23)(H,24,25). The lowest BCUT2D eigenvalue weighted by Crippen LogP contribution is -2.16. The number of hydrogen-bond acceptors (Lipinski definition) is 5. The van der Waals surface area contributed by atoms with Gasteiger partial charge in [0.25, 0.3) is 0 Å². The van der Waals surface area contributed by atoms with Crippen LogP contribution in [0.15, 0.2) is 54.4 Å². The Bertz CT molecular complexity index is 927. The van der Waals surface area contributed by atoms with Gasteiger partial charge >= 0.3 is 11.9 Å². The average molecular weight is 497 g/mol. The molecule has 0 aliphatic rings. The summed E-state index contributed by atoms with van der Waals surface area (Å²) in [6, 6.07) is 8.13. The van der Waals surface area contributed by atoms with Gasteiger partial charge in [-0.3, -0.25) is 4.79 Å². The van der Waals surface area contributed by atoms with E-state index in [9.17, 15) is 9.59 Å². The van der Waals surface area contributed by atoms with Gasteiger partial charge in [0.2, 0.25) is 0 Å². The maximum atomic E-state index is 11.9. The first-order valence-electron chi connectivity index (χ1n) is 7.06. The van der Waals surface area contributed by atoms with Crippen molar-refractivity contribution in [2.75, 3.05) is 0 Å². The molecule has 142 valence electrons. The van der Waals surface area contributed by atoms with E-state index in [0.717, 1.165) is 10.7 Å². The van der Waals surface area contributed by atoms with Crippen LogP contribution in [0.2, 0.25) is 5.02 Å². The quantitative estimate of drug-likeness (QED) is 0.327. The number of halogens is 4. The lowest BCUT2D eigenvalue weighted by atomic mass is 10.3. The second kappa shape index (κ2) is 9.80. The Labute approximate surface area is 176 Å². The molecule has 0 atom stereocenters. The molecule has 1 amide bonds. The molecule has 2 N–H and O–H groups in total. The van der Waals surface area contributed by atoms with E-state index in [1.165, 1.54) is 6.07 Å². The number of nitrogens with zero attached hydrogens (tertiary/aromatic N) is 1. The highest BCUT2D eigenvalue weighted by Gasteiger charge is 2.12. The molecule has 0 saturated carbocycles. The molecule has 1 aromatic carbocycles. The smallest absolute Gasteiger partial charge is 0.348 e. The number of carboxylic acids is 1. The lowest BCUT2D eigenvalue weighted by molar-refractivity contribution is -0.131. The molecule has 2 aromatic rings. The summed E-state index contributed by atoms with van der Waals surface area (Å²) in [6.45, 7) is 0.0562. The maximum Gasteiger partial charge on any atom is 0.348 e. The molecule has 0 spiro atoms. The van der Waals surface area contributed by atoms with Gasteiger partial charge in [0.05, 0.1) is 16.3 Å². The number of carbonyl (C=O) groups is 2. The summed E-state index contributed by atoms with van der Waals surface area (Å²) in [4.78, 5) is 22.5. The molecule has 2 rings (SSSR count). The van der Waals surface area contributed by atoms with Gasteiger partial charge in [-0.05, 0) is 30.3 Å². The van der Waals surface area contributed by atoms with Crippen LogP contribution >= 0.6 is 50.7 Å². The Balaban J connectivity index is 1.93. The van der Waals surface area contributed by atoms with Crippen LogP contribution in [0.5, 0.6) is 5.75 Å². The van der Waals surface area contributed by atoms with Gasteiger partial charge in [-0.15, -0.1) is 0 Å². The van der Waals surface area contributed by atoms with Crippen molar-refractivity contribution in [3.8, 4) is 5.75 Å². The second-order valence-electron chi connectivity index (χ2n) is 4.80. The topological polar surface area (TPSA) is 101 Å². The minimum absolute atomic E-state index is 0.0305. The zero-order chi connectivity index (χ0) is 20.0.